The van der Waals surface area contributed by atoms with Crippen LogP contribution in [-0.2, 0) is 14.8 Å². The Balaban J connectivity index is 3.93. The van der Waals surface area contributed by atoms with E-state index in [4.69, 9.17) is 5.73 Å². The Morgan fingerprint density at radius 2 is 1.93 bits per heavy atom. The summed E-state index contributed by atoms with van der Waals surface area (Å²) >= 11 is 0. The predicted octanol–water partition coefficient (Wildman–Crippen LogP) is -1.36. The van der Waals surface area contributed by atoms with Gasteiger partial charge in [0.25, 0.3) is 0 Å². The number of rotatable bonds is 6. The molecule has 1 atom stereocenters. The Hall–Kier alpha value is -0.660. The lowest BCUT2D eigenvalue weighted by molar-refractivity contribution is -0.123. The van der Waals surface area contributed by atoms with Gasteiger partial charge in [-0.3, -0.25) is 4.79 Å². The van der Waals surface area contributed by atoms with Crippen molar-refractivity contribution in [2.75, 3.05) is 19.3 Å². The quantitative estimate of drug-likeness (QED) is 0.531. The van der Waals surface area contributed by atoms with Gasteiger partial charge in [-0.1, -0.05) is 13.8 Å². The van der Waals surface area contributed by atoms with E-state index in [2.05, 4.69) is 10.0 Å². The molecule has 15 heavy (non-hydrogen) atoms. The maximum absolute atomic E-state index is 11.3. The van der Waals surface area contributed by atoms with Crippen molar-refractivity contribution in [1.29, 1.82) is 0 Å². The van der Waals surface area contributed by atoms with Crippen molar-refractivity contribution in [1.82, 2.24) is 10.0 Å². The highest BCUT2D eigenvalue weighted by Crippen LogP contribution is 1.97. The highest BCUT2D eigenvalue weighted by Gasteiger charge is 2.17. The number of amides is 1. The predicted molar refractivity (Wildman–Crippen MR) is 58.7 cm³/mol. The second-order valence-corrected chi connectivity index (χ2v) is 5.63. The number of sulfonamides is 1. The van der Waals surface area contributed by atoms with Gasteiger partial charge in [0.05, 0.1) is 11.8 Å². The normalized spacial score (nSPS) is 13.9. The SMILES string of the molecule is CNS(=O)(=O)CCNC(=O)[C@@H](N)C(C)C. The fourth-order valence-electron chi connectivity index (χ4n) is 0.831. The van der Waals surface area contributed by atoms with Crippen molar-refractivity contribution in [2.24, 2.45) is 11.7 Å². The number of nitrogens with two attached hydrogens (primary N) is 1. The molecule has 0 aliphatic heterocycles. The molecular formula is C8H19N3O3S. The highest BCUT2D eigenvalue weighted by molar-refractivity contribution is 7.89. The van der Waals surface area contributed by atoms with Crippen LogP contribution in [0.2, 0.25) is 0 Å². The summed E-state index contributed by atoms with van der Waals surface area (Å²) in [6, 6.07) is -0.595. The molecule has 0 aromatic heterocycles. The number of carbonyl (C=O) groups is 1. The molecule has 0 aliphatic rings. The second kappa shape index (κ2) is 6.04. The van der Waals surface area contributed by atoms with Crippen molar-refractivity contribution in [3.05, 3.63) is 0 Å². The molecule has 0 rings (SSSR count). The summed E-state index contributed by atoms with van der Waals surface area (Å²) in [5.74, 6) is -0.428. The third-order valence-corrected chi connectivity index (χ3v) is 3.37. The monoisotopic (exact) mass is 237 g/mol. The molecule has 0 heterocycles. The zero-order chi connectivity index (χ0) is 12.1. The number of hydrogen-bond donors (Lipinski definition) is 3. The highest BCUT2D eigenvalue weighted by atomic mass is 32.2. The third kappa shape index (κ3) is 5.71. The zero-order valence-electron chi connectivity index (χ0n) is 9.28. The molecular weight excluding hydrogens is 218 g/mol. The first kappa shape index (κ1) is 14.3. The average Bonchev–Trinajstić information content (AvgIpc) is 2.16. The molecule has 0 unspecified atom stereocenters. The molecule has 6 nitrogen and oxygen atoms in total. The van der Waals surface area contributed by atoms with Crippen LogP contribution < -0.4 is 15.8 Å². The van der Waals surface area contributed by atoms with Crippen LogP contribution in [0.25, 0.3) is 0 Å². The maximum Gasteiger partial charge on any atom is 0.237 e. The summed E-state index contributed by atoms with van der Waals surface area (Å²) in [4.78, 5) is 11.3. The van der Waals surface area contributed by atoms with Crippen molar-refractivity contribution < 1.29 is 13.2 Å². The van der Waals surface area contributed by atoms with Gasteiger partial charge in [0.15, 0.2) is 0 Å². The minimum absolute atomic E-state index is 0.0332. The van der Waals surface area contributed by atoms with Crippen LogP contribution in [0.5, 0.6) is 0 Å². The summed E-state index contributed by atoms with van der Waals surface area (Å²) in [5, 5.41) is 2.47. The fraction of sp³-hybridized carbons (Fsp3) is 0.875. The topological polar surface area (TPSA) is 101 Å². The van der Waals surface area contributed by atoms with Crippen molar-refractivity contribution in [3.63, 3.8) is 0 Å². The van der Waals surface area contributed by atoms with E-state index >= 15 is 0 Å². The van der Waals surface area contributed by atoms with Crippen LogP contribution in [0.1, 0.15) is 13.8 Å². The molecule has 4 N–H and O–H groups in total. The van der Waals surface area contributed by atoms with Gasteiger partial charge in [0.2, 0.25) is 15.9 Å². The number of nitrogens with one attached hydrogen (secondary N) is 2. The van der Waals surface area contributed by atoms with E-state index in [-0.39, 0.29) is 24.1 Å². The van der Waals surface area contributed by atoms with E-state index in [0.717, 1.165) is 0 Å². The molecule has 0 aliphatic carbocycles. The lowest BCUT2D eigenvalue weighted by Crippen LogP contribution is -2.45. The largest absolute Gasteiger partial charge is 0.354 e. The molecule has 90 valence electrons. The van der Waals surface area contributed by atoms with E-state index in [0.29, 0.717) is 0 Å². The molecule has 0 bridgehead atoms. The summed E-state index contributed by atoms with van der Waals surface area (Å²) in [7, 11) is -1.94. The summed E-state index contributed by atoms with van der Waals surface area (Å²) in [5.41, 5.74) is 5.57. The van der Waals surface area contributed by atoms with Crippen molar-refractivity contribution >= 4 is 15.9 Å². The lowest BCUT2D eigenvalue weighted by atomic mass is 10.1. The van der Waals surface area contributed by atoms with Gasteiger partial charge in [-0.2, -0.15) is 0 Å². The van der Waals surface area contributed by atoms with Crippen LogP contribution in [-0.4, -0.2) is 39.7 Å². The van der Waals surface area contributed by atoms with Gasteiger partial charge in [-0.25, -0.2) is 13.1 Å². The molecule has 0 saturated carbocycles. The molecule has 7 heteroatoms. The van der Waals surface area contributed by atoms with Gasteiger partial charge in [0, 0.05) is 6.54 Å². The summed E-state index contributed by atoms with van der Waals surface area (Å²) < 4.78 is 24.1. The van der Waals surface area contributed by atoms with E-state index in [1.165, 1.54) is 7.05 Å². The first-order chi connectivity index (χ1) is 6.80. The van der Waals surface area contributed by atoms with Crippen molar-refractivity contribution in [2.45, 2.75) is 19.9 Å². The minimum atomic E-state index is -3.27. The van der Waals surface area contributed by atoms with Crippen LogP contribution in [0.15, 0.2) is 0 Å². The molecule has 0 fully saturated rings. The van der Waals surface area contributed by atoms with Crippen molar-refractivity contribution in [3.8, 4) is 0 Å². The Morgan fingerprint density at radius 1 is 1.40 bits per heavy atom. The van der Waals surface area contributed by atoms with E-state index < -0.39 is 16.1 Å². The standard InChI is InChI=1S/C8H19N3O3S/c1-6(2)7(9)8(12)11-4-5-15(13,14)10-3/h6-7,10H,4-5,9H2,1-3H3,(H,11,12)/t7-/m0/s1. The average molecular weight is 237 g/mol. The first-order valence-corrected chi connectivity index (χ1v) is 6.40. The van der Waals surface area contributed by atoms with Gasteiger partial charge < -0.3 is 11.1 Å². The second-order valence-electron chi connectivity index (χ2n) is 3.58. The summed E-state index contributed by atoms with van der Waals surface area (Å²) in [6.45, 7) is 3.73. The van der Waals surface area contributed by atoms with Crippen LogP contribution >= 0.6 is 0 Å². The van der Waals surface area contributed by atoms with Gasteiger partial charge in [0.1, 0.15) is 0 Å². The van der Waals surface area contributed by atoms with E-state index in [9.17, 15) is 13.2 Å². The van der Waals surface area contributed by atoms with E-state index in [1.807, 2.05) is 13.8 Å². The fourth-order valence-corrected chi connectivity index (χ4v) is 1.41. The molecule has 0 aromatic rings. The zero-order valence-corrected chi connectivity index (χ0v) is 10.1. The smallest absolute Gasteiger partial charge is 0.237 e. The molecule has 0 saturated heterocycles. The Labute approximate surface area is 90.7 Å². The molecule has 1 amide bonds. The number of hydrogen-bond acceptors (Lipinski definition) is 4. The molecule has 0 aromatic carbocycles. The van der Waals surface area contributed by atoms with Crippen LogP contribution in [0.4, 0.5) is 0 Å². The molecule has 0 radical (unpaired) electrons. The molecule has 0 spiro atoms. The Kier molecular flexibility index (Phi) is 5.77. The van der Waals surface area contributed by atoms with E-state index in [1.54, 1.807) is 0 Å². The minimum Gasteiger partial charge on any atom is -0.354 e. The number of carbonyl (C=O) groups excluding carboxylic acids is 1. The first-order valence-electron chi connectivity index (χ1n) is 4.74. The van der Waals surface area contributed by atoms with Gasteiger partial charge in [-0.15, -0.1) is 0 Å². The third-order valence-electron chi connectivity index (χ3n) is 2.00. The lowest BCUT2D eigenvalue weighted by Gasteiger charge is -2.15. The maximum atomic E-state index is 11.3. The Bertz CT molecular complexity index is 300. The Morgan fingerprint density at radius 3 is 2.33 bits per heavy atom. The van der Waals surface area contributed by atoms with Crippen LogP contribution in [0, 0.1) is 5.92 Å². The van der Waals surface area contributed by atoms with Gasteiger partial charge in [-0.05, 0) is 13.0 Å². The van der Waals surface area contributed by atoms with Gasteiger partial charge >= 0.3 is 0 Å². The summed E-state index contributed by atoms with van der Waals surface area (Å²) in [6.07, 6.45) is 0. The van der Waals surface area contributed by atoms with Crippen LogP contribution in [0.3, 0.4) is 0 Å².